The van der Waals surface area contributed by atoms with E-state index in [4.69, 9.17) is 0 Å². The van der Waals surface area contributed by atoms with Crippen LogP contribution in [0.25, 0.3) is 0 Å². The molecule has 0 fully saturated rings. The second-order valence-corrected chi connectivity index (χ2v) is 9.56. The minimum absolute atomic E-state index is 0.0605. The lowest BCUT2D eigenvalue weighted by Crippen LogP contribution is -2.38. The van der Waals surface area contributed by atoms with Crippen molar-refractivity contribution in [2.75, 3.05) is 11.4 Å². The minimum atomic E-state index is -5.84. The van der Waals surface area contributed by atoms with Gasteiger partial charge >= 0.3 is 21.3 Å². The number of pyridine rings is 1. The quantitative estimate of drug-likeness (QED) is 0.404. The lowest BCUT2D eigenvalue weighted by Gasteiger charge is -2.32. The molecule has 1 aliphatic heterocycles. The van der Waals surface area contributed by atoms with Crippen LogP contribution in [-0.2, 0) is 23.2 Å². The first-order chi connectivity index (χ1) is 16.3. The van der Waals surface area contributed by atoms with Crippen LogP contribution in [0.4, 0.5) is 19.1 Å². The summed E-state index contributed by atoms with van der Waals surface area (Å²) < 4.78 is 64.7. The highest BCUT2D eigenvalue weighted by atomic mass is 32.2. The molecule has 0 saturated carbocycles. The molecule has 0 saturated heterocycles. The Kier molecular flexibility index (Phi) is 6.27. The standard InChI is InChI=1S/C21H20F3N5O5S/c1-12-3-5-15-10-28(11-17(30)16(15)7-12)19-26-13(2)29(20(31)27-19)9-14-4-6-18(25-8-14)34-35(32,33)21(22,23)24/h3-8,17,30H,9-11H2,1-2H3. The molecule has 1 atom stereocenters. The fourth-order valence-corrected chi connectivity index (χ4v) is 4.05. The average Bonchev–Trinajstić information content (AvgIpc) is 2.76. The molecule has 0 bridgehead atoms. The topological polar surface area (TPSA) is 128 Å². The molecule has 35 heavy (non-hydrogen) atoms. The Bertz CT molecular complexity index is 1420. The molecule has 4 rings (SSSR count). The van der Waals surface area contributed by atoms with Gasteiger partial charge in [0.1, 0.15) is 5.82 Å². The number of alkyl halides is 3. The molecule has 1 N–H and O–H groups in total. The van der Waals surface area contributed by atoms with Crippen LogP contribution in [0.1, 0.15) is 34.2 Å². The number of aliphatic hydroxyl groups is 1. The average molecular weight is 511 g/mol. The molecule has 1 aliphatic rings. The maximum Gasteiger partial charge on any atom is 0.534 e. The number of hydrogen-bond donors (Lipinski definition) is 1. The number of aromatic nitrogens is 4. The zero-order valence-corrected chi connectivity index (χ0v) is 19.3. The van der Waals surface area contributed by atoms with Crippen LogP contribution < -0.4 is 14.8 Å². The molecule has 1 aromatic carbocycles. The van der Waals surface area contributed by atoms with Gasteiger partial charge in [-0.15, -0.1) is 0 Å². The largest absolute Gasteiger partial charge is 0.534 e. The number of nitrogens with zero attached hydrogens (tertiary/aromatic N) is 5. The first-order valence-electron chi connectivity index (χ1n) is 10.3. The Morgan fingerprint density at radius 1 is 1.17 bits per heavy atom. The highest BCUT2D eigenvalue weighted by Gasteiger charge is 2.48. The van der Waals surface area contributed by atoms with Crippen molar-refractivity contribution in [1.29, 1.82) is 0 Å². The second kappa shape index (κ2) is 8.92. The van der Waals surface area contributed by atoms with E-state index in [-0.39, 0.29) is 19.0 Å². The fraction of sp³-hybridized carbons (Fsp3) is 0.333. The number of benzene rings is 1. The molecule has 0 amide bonds. The van der Waals surface area contributed by atoms with Crippen LogP contribution in [-0.4, -0.2) is 45.1 Å². The summed E-state index contributed by atoms with van der Waals surface area (Å²) >= 11 is 0. The molecular formula is C21H20F3N5O5S. The van der Waals surface area contributed by atoms with Crippen LogP contribution in [0.15, 0.2) is 41.3 Å². The Morgan fingerprint density at radius 2 is 1.91 bits per heavy atom. The first-order valence-corrected chi connectivity index (χ1v) is 11.7. The van der Waals surface area contributed by atoms with E-state index < -0.39 is 33.3 Å². The zero-order chi connectivity index (χ0) is 25.5. The molecule has 0 radical (unpaired) electrons. The summed E-state index contributed by atoms with van der Waals surface area (Å²) in [5, 5.41) is 10.5. The fourth-order valence-electron chi connectivity index (χ4n) is 3.63. The molecule has 10 nitrogen and oxygen atoms in total. The van der Waals surface area contributed by atoms with E-state index in [9.17, 15) is 31.5 Å². The van der Waals surface area contributed by atoms with E-state index in [0.717, 1.165) is 29.0 Å². The van der Waals surface area contributed by atoms with Crippen LogP contribution in [0.5, 0.6) is 5.88 Å². The van der Waals surface area contributed by atoms with E-state index in [2.05, 4.69) is 19.1 Å². The Labute approximate surface area is 197 Å². The van der Waals surface area contributed by atoms with Gasteiger partial charge < -0.3 is 14.2 Å². The van der Waals surface area contributed by atoms with Gasteiger partial charge in [0, 0.05) is 18.8 Å². The molecule has 186 valence electrons. The van der Waals surface area contributed by atoms with Crippen molar-refractivity contribution in [2.24, 2.45) is 0 Å². The molecule has 0 aliphatic carbocycles. The molecular weight excluding hydrogens is 491 g/mol. The molecule has 2 aromatic heterocycles. The second-order valence-electron chi connectivity index (χ2n) is 8.03. The lowest BCUT2D eigenvalue weighted by atomic mass is 9.96. The summed E-state index contributed by atoms with van der Waals surface area (Å²) in [5.41, 5.74) is -3.07. The van der Waals surface area contributed by atoms with E-state index in [1.807, 2.05) is 25.1 Å². The van der Waals surface area contributed by atoms with E-state index >= 15 is 0 Å². The summed E-state index contributed by atoms with van der Waals surface area (Å²) in [4.78, 5) is 26.4. The number of hydrogen-bond acceptors (Lipinski definition) is 9. The van der Waals surface area contributed by atoms with Gasteiger partial charge in [-0.25, -0.2) is 9.78 Å². The van der Waals surface area contributed by atoms with Crippen molar-refractivity contribution >= 4 is 16.1 Å². The number of β-amino-alcohol motifs (C(OH)–C–C–N with tert-alkyl or cyclic N) is 1. The van der Waals surface area contributed by atoms with E-state index in [1.54, 1.807) is 11.8 Å². The van der Waals surface area contributed by atoms with E-state index in [1.165, 1.54) is 10.6 Å². The summed E-state index contributed by atoms with van der Waals surface area (Å²) in [6.45, 7) is 4.10. The molecule has 1 unspecified atom stereocenters. The van der Waals surface area contributed by atoms with Crippen LogP contribution in [0.2, 0.25) is 0 Å². The summed E-state index contributed by atoms with van der Waals surface area (Å²) in [5.74, 6) is -0.293. The summed E-state index contributed by atoms with van der Waals surface area (Å²) in [7, 11) is -5.84. The van der Waals surface area contributed by atoms with Gasteiger partial charge in [-0.3, -0.25) is 4.57 Å². The normalized spacial score (nSPS) is 16.2. The van der Waals surface area contributed by atoms with Gasteiger partial charge in [0.25, 0.3) is 0 Å². The number of fused-ring (bicyclic) bond motifs is 1. The monoisotopic (exact) mass is 511 g/mol. The smallest absolute Gasteiger partial charge is 0.387 e. The van der Waals surface area contributed by atoms with Crippen molar-refractivity contribution in [3.05, 3.63) is 75.1 Å². The molecule has 14 heteroatoms. The third-order valence-electron chi connectivity index (χ3n) is 5.39. The predicted octanol–water partition coefficient (Wildman–Crippen LogP) is 1.98. The van der Waals surface area contributed by atoms with Crippen molar-refractivity contribution in [3.8, 4) is 5.88 Å². The molecule has 3 aromatic rings. The summed E-state index contributed by atoms with van der Waals surface area (Å²) in [6.07, 6.45) is 0.318. The Morgan fingerprint density at radius 3 is 2.54 bits per heavy atom. The lowest BCUT2D eigenvalue weighted by molar-refractivity contribution is -0.0501. The van der Waals surface area contributed by atoms with Gasteiger partial charge in [-0.1, -0.05) is 29.8 Å². The van der Waals surface area contributed by atoms with Crippen LogP contribution in [0, 0.1) is 13.8 Å². The van der Waals surface area contributed by atoms with Gasteiger partial charge in [0.2, 0.25) is 11.8 Å². The highest BCUT2D eigenvalue weighted by Crippen LogP contribution is 2.29. The van der Waals surface area contributed by atoms with Gasteiger partial charge in [-0.05, 0) is 30.5 Å². The number of anilines is 1. The van der Waals surface area contributed by atoms with Crippen molar-refractivity contribution in [1.82, 2.24) is 19.5 Å². The van der Waals surface area contributed by atoms with Crippen LogP contribution >= 0.6 is 0 Å². The number of aryl methyl sites for hydroxylation is 2. The van der Waals surface area contributed by atoms with Crippen molar-refractivity contribution in [3.63, 3.8) is 0 Å². The maximum atomic E-state index is 12.7. The van der Waals surface area contributed by atoms with Crippen molar-refractivity contribution < 1.29 is 30.9 Å². The van der Waals surface area contributed by atoms with Crippen molar-refractivity contribution in [2.45, 2.75) is 38.5 Å². The molecule has 0 spiro atoms. The number of rotatable bonds is 5. The third kappa shape index (κ3) is 5.12. The van der Waals surface area contributed by atoms with Gasteiger partial charge in [-0.2, -0.15) is 31.6 Å². The Balaban J connectivity index is 1.52. The minimum Gasteiger partial charge on any atom is -0.387 e. The highest BCUT2D eigenvalue weighted by molar-refractivity contribution is 7.87. The van der Waals surface area contributed by atoms with Gasteiger partial charge in [0.15, 0.2) is 0 Å². The SMILES string of the molecule is Cc1ccc2c(c1)C(O)CN(c1nc(C)n(Cc3ccc(OS(=O)(=O)C(F)(F)F)nc3)c(=O)n1)C2. The third-order valence-corrected chi connectivity index (χ3v) is 6.35. The first kappa shape index (κ1) is 24.6. The molecule has 3 heterocycles. The van der Waals surface area contributed by atoms with E-state index in [0.29, 0.717) is 17.9 Å². The zero-order valence-electron chi connectivity index (χ0n) is 18.5. The Hall–Kier alpha value is -3.52. The number of aliphatic hydroxyl groups excluding tert-OH is 1. The van der Waals surface area contributed by atoms with Gasteiger partial charge in [0.05, 0.1) is 19.2 Å². The predicted molar refractivity (Wildman–Crippen MR) is 117 cm³/mol. The summed E-state index contributed by atoms with van der Waals surface area (Å²) in [6, 6.07) is 7.98. The van der Waals surface area contributed by atoms with Crippen LogP contribution in [0.3, 0.4) is 0 Å². The number of halogens is 3. The maximum absolute atomic E-state index is 12.7.